The third-order valence-electron chi connectivity index (χ3n) is 1.64. The van der Waals surface area contributed by atoms with E-state index in [0.29, 0.717) is 0 Å². The molecule has 0 atom stereocenters. The molecule has 1 rings (SSSR count). The van der Waals surface area contributed by atoms with Crippen molar-refractivity contribution in [3.05, 3.63) is 32.4 Å². The van der Waals surface area contributed by atoms with Crippen LogP contribution in [0.1, 0.15) is 19.4 Å². The van der Waals surface area contributed by atoms with E-state index in [9.17, 15) is 18.5 Å². The lowest BCUT2D eigenvalue weighted by molar-refractivity contribution is -0.920. The zero-order valence-corrected chi connectivity index (χ0v) is 12.1. The molecule has 0 unspecified atom stereocenters. The van der Waals surface area contributed by atoms with Crippen LogP contribution >= 0.6 is 15.9 Å². The lowest BCUT2D eigenvalue weighted by Crippen LogP contribution is -2.34. The van der Waals surface area contributed by atoms with Crippen molar-refractivity contribution in [3.8, 4) is 0 Å². The van der Waals surface area contributed by atoms with Gasteiger partial charge in [-0.25, -0.2) is 13.6 Å². The van der Waals surface area contributed by atoms with Gasteiger partial charge in [-0.15, -0.1) is 0 Å². The van der Waals surface area contributed by atoms with Gasteiger partial charge in [0.05, 0.1) is 10.5 Å². The summed E-state index contributed by atoms with van der Waals surface area (Å²) in [6.07, 6.45) is 0.962. The quantitative estimate of drug-likeness (QED) is 0.361. The van der Waals surface area contributed by atoms with Crippen LogP contribution in [0.15, 0.2) is 16.7 Å². The van der Waals surface area contributed by atoms with Crippen molar-refractivity contribution in [1.29, 1.82) is 0 Å². The fourth-order valence-corrected chi connectivity index (χ4v) is 2.50. The van der Waals surface area contributed by atoms with Crippen molar-refractivity contribution in [1.82, 2.24) is 0 Å². The van der Waals surface area contributed by atoms with Gasteiger partial charge in [-0.3, -0.25) is 15.3 Å². The Morgan fingerprint density at radius 3 is 2.44 bits per heavy atom. The van der Waals surface area contributed by atoms with Crippen LogP contribution in [0, 0.1) is 10.1 Å². The molecule has 102 valence electrons. The van der Waals surface area contributed by atoms with Crippen LogP contribution in [-0.4, -0.2) is 18.5 Å². The van der Waals surface area contributed by atoms with Gasteiger partial charge in [-0.05, 0) is 15.9 Å². The largest absolute Gasteiger partial charge is 0.563 e. The Bertz CT molecular complexity index is 546. The second-order valence-electron chi connectivity index (χ2n) is 2.89. The first-order valence-electron chi connectivity index (χ1n) is 4.79. The van der Waals surface area contributed by atoms with Gasteiger partial charge in [0.1, 0.15) is 4.92 Å². The molecule has 3 N–H and O–H groups in total. The molecule has 1 aromatic heterocycles. The zero-order chi connectivity index (χ0) is 14.5. The minimum Gasteiger partial charge on any atom is -0.279 e. The Kier molecular flexibility index (Phi) is 6.15. The first kappa shape index (κ1) is 16.7. The number of aromatic nitrogens is 1. The maximum absolute atomic E-state index is 10.8. The minimum absolute atomic E-state index is 0.0968. The summed E-state index contributed by atoms with van der Waals surface area (Å²) >= 11 is 2.84. The number of nitro groups is 1. The Morgan fingerprint density at radius 1 is 1.56 bits per heavy atom. The molecule has 0 bridgehead atoms. The molecule has 0 amide bonds. The zero-order valence-electron chi connectivity index (χ0n) is 9.70. The lowest BCUT2D eigenvalue weighted by atomic mass is 10.3. The topological polar surface area (TPSA) is 127 Å². The van der Waals surface area contributed by atoms with E-state index in [0.717, 1.165) is 6.20 Å². The van der Waals surface area contributed by atoms with E-state index in [4.69, 9.17) is 10.3 Å². The Morgan fingerprint density at radius 2 is 2.06 bits per heavy atom. The average molecular weight is 343 g/mol. The molecule has 0 saturated carbocycles. The summed E-state index contributed by atoms with van der Waals surface area (Å²) in [6.45, 7) is 4.00. The first-order valence-corrected chi connectivity index (χ1v) is 7.30. The van der Waals surface area contributed by atoms with E-state index in [1.54, 1.807) is 0 Å². The number of halogens is 1. The van der Waals surface area contributed by atoms with Gasteiger partial charge in [0, 0.05) is 11.6 Å². The SMILES string of the molecule is CC.NS(=O)(=O)Cc1cc[n+](O)c([N+](=O)[O-])c1Br. The molecule has 0 radical (unpaired) electrons. The summed E-state index contributed by atoms with van der Waals surface area (Å²) < 4.78 is 21.8. The molecule has 10 heteroatoms. The highest BCUT2D eigenvalue weighted by Gasteiger charge is 2.31. The van der Waals surface area contributed by atoms with E-state index in [1.807, 2.05) is 13.8 Å². The van der Waals surface area contributed by atoms with Crippen LogP contribution in [-0.2, 0) is 15.8 Å². The molecule has 0 aliphatic carbocycles. The van der Waals surface area contributed by atoms with E-state index in [2.05, 4.69) is 15.9 Å². The monoisotopic (exact) mass is 342 g/mol. The summed E-state index contributed by atoms with van der Waals surface area (Å²) in [4.78, 5) is 9.72. The van der Waals surface area contributed by atoms with Gasteiger partial charge in [-0.2, -0.15) is 0 Å². The van der Waals surface area contributed by atoms with Gasteiger partial charge >= 0.3 is 5.82 Å². The second kappa shape index (κ2) is 6.61. The molecule has 0 aliphatic rings. The maximum Gasteiger partial charge on any atom is 0.563 e. The van der Waals surface area contributed by atoms with Crippen LogP contribution in [0.4, 0.5) is 5.82 Å². The standard InChI is InChI=1S/C6H7BrN3O5S.C2H6/c7-5-4(3-16(8,14)15)1-2-9(11)6(5)10(12)13;1-2/h1-2,11H,3H2,(H2,8,14,15);1-2H3/q+1;. The van der Waals surface area contributed by atoms with Gasteiger partial charge in [0.15, 0.2) is 4.47 Å². The van der Waals surface area contributed by atoms with Gasteiger partial charge in [0.2, 0.25) is 16.2 Å². The van der Waals surface area contributed by atoms with E-state index in [1.165, 1.54) is 6.07 Å². The van der Waals surface area contributed by atoms with Crippen LogP contribution in [0.3, 0.4) is 0 Å². The Labute approximate surface area is 112 Å². The molecule has 0 spiro atoms. The van der Waals surface area contributed by atoms with Crippen molar-refractivity contribution in [2.24, 2.45) is 5.14 Å². The first-order chi connectivity index (χ1) is 8.22. The molecule has 0 fully saturated rings. The highest BCUT2D eigenvalue weighted by molar-refractivity contribution is 9.10. The van der Waals surface area contributed by atoms with Crippen molar-refractivity contribution in [3.63, 3.8) is 0 Å². The molecule has 1 heterocycles. The Hall–Kier alpha value is -1.26. The highest BCUT2D eigenvalue weighted by Crippen LogP contribution is 2.25. The smallest absolute Gasteiger partial charge is 0.279 e. The molecule has 18 heavy (non-hydrogen) atoms. The third kappa shape index (κ3) is 4.55. The predicted molar refractivity (Wildman–Crippen MR) is 66.3 cm³/mol. The van der Waals surface area contributed by atoms with Crippen molar-refractivity contribution < 1.29 is 23.3 Å². The summed E-state index contributed by atoms with van der Waals surface area (Å²) in [5.74, 6) is -1.23. The van der Waals surface area contributed by atoms with Crippen molar-refractivity contribution >= 4 is 31.8 Å². The number of nitrogens with two attached hydrogens (primary N) is 1. The normalized spacial score (nSPS) is 10.4. The molecule has 1 aromatic rings. The minimum atomic E-state index is -3.80. The Balaban J connectivity index is 0.00000137. The number of sulfonamides is 1. The average Bonchev–Trinajstić information content (AvgIpc) is 2.23. The molecular formula is C8H13BrN3O5S+. The molecule has 8 nitrogen and oxygen atoms in total. The van der Waals surface area contributed by atoms with Crippen LogP contribution < -0.4 is 9.87 Å². The van der Waals surface area contributed by atoms with E-state index >= 15 is 0 Å². The predicted octanol–water partition coefficient (Wildman–Crippen LogP) is 0.697. The highest BCUT2D eigenvalue weighted by atomic mass is 79.9. The van der Waals surface area contributed by atoms with Crippen molar-refractivity contribution in [2.75, 3.05) is 0 Å². The molecular weight excluding hydrogens is 330 g/mol. The lowest BCUT2D eigenvalue weighted by Gasteiger charge is -1.99. The van der Waals surface area contributed by atoms with Crippen LogP contribution in [0.5, 0.6) is 0 Å². The summed E-state index contributed by atoms with van der Waals surface area (Å²) in [5.41, 5.74) is 0.0968. The summed E-state index contributed by atoms with van der Waals surface area (Å²) in [7, 11) is -3.80. The number of primary sulfonamides is 1. The second-order valence-corrected chi connectivity index (χ2v) is 5.29. The van der Waals surface area contributed by atoms with Crippen LogP contribution in [0.25, 0.3) is 0 Å². The molecule has 0 aliphatic heterocycles. The third-order valence-corrected chi connectivity index (χ3v) is 3.22. The number of hydrogen-bond donors (Lipinski definition) is 2. The number of rotatable bonds is 3. The van der Waals surface area contributed by atoms with Crippen LogP contribution in [0.2, 0.25) is 0 Å². The fraction of sp³-hybridized carbons (Fsp3) is 0.375. The molecule has 0 saturated heterocycles. The number of pyridine rings is 1. The summed E-state index contributed by atoms with van der Waals surface area (Å²) in [6, 6.07) is 1.21. The van der Waals surface area contributed by atoms with Gasteiger partial charge < -0.3 is 0 Å². The number of hydrogen-bond acceptors (Lipinski definition) is 5. The van der Waals surface area contributed by atoms with Gasteiger partial charge in [-0.1, -0.05) is 13.8 Å². The summed E-state index contributed by atoms with van der Waals surface area (Å²) in [5, 5.41) is 24.5. The molecule has 0 aromatic carbocycles. The maximum atomic E-state index is 10.8. The van der Waals surface area contributed by atoms with Crippen molar-refractivity contribution in [2.45, 2.75) is 19.6 Å². The van der Waals surface area contributed by atoms with E-state index < -0.39 is 26.5 Å². The fourth-order valence-electron chi connectivity index (χ4n) is 1.04. The van der Waals surface area contributed by atoms with E-state index in [-0.39, 0.29) is 14.8 Å². The number of nitrogens with zero attached hydrogens (tertiary/aromatic N) is 2. The van der Waals surface area contributed by atoms with Gasteiger partial charge in [0.25, 0.3) is 0 Å².